The standard InChI is InChI=1S/C17H15N5OS2/c1-9-10(2)25-16-13(9)14(18)20-17(21-16)24-8-12-19-15(22-23-12)11-6-4-3-5-7-11/h3-7H,8H2,1-2H3,(H2,18,20,21). The van der Waals surface area contributed by atoms with Gasteiger partial charge in [-0.05, 0) is 19.4 Å². The number of hydrogen-bond acceptors (Lipinski definition) is 8. The molecular weight excluding hydrogens is 354 g/mol. The molecule has 25 heavy (non-hydrogen) atoms. The van der Waals surface area contributed by atoms with Gasteiger partial charge in [-0.15, -0.1) is 11.3 Å². The predicted molar refractivity (Wildman–Crippen MR) is 101 cm³/mol. The molecule has 8 heteroatoms. The largest absolute Gasteiger partial charge is 0.383 e. The normalized spacial score (nSPS) is 11.3. The second-order valence-electron chi connectivity index (χ2n) is 5.52. The second-order valence-corrected chi connectivity index (χ2v) is 7.67. The van der Waals surface area contributed by atoms with Crippen molar-refractivity contribution < 1.29 is 4.52 Å². The third-order valence-corrected chi connectivity index (χ3v) is 5.79. The minimum Gasteiger partial charge on any atom is -0.383 e. The number of nitrogens with two attached hydrogens (primary N) is 1. The summed E-state index contributed by atoms with van der Waals surface area (Å²) in [4.78, 5) is 15.5. The minimum absolute atomic E-state index is 0.494. The predicted octanol–water partition coefficient (Wildman–Crippen LogP) is 4.23. The molecule has 0 aliphatic heterocycles. The molecular formula is C17H15N5OS2. The number of benzene rings is 1. The number of nitrogens with zero attached hydrogens (tertiary/aromatic N) is 4. The third-order valence-electron chi connectivity index (χ3n) is 3.86. The van der Waals surface area contributed by atoms with Crippen LogP contribution >= 0.6 is 23.1 Å². The van der Waals surface area contributed by atoms with Crippen LogP contribution in [0.3, 0.4) is 0 Å². The van der Waals surface area contributed by atoms with E-state index in [1.807, 2.05) is 37.3 Å². The average molecular weight is 369 g/mol. The van der Waals surface area contributed by atoms with Crippen molar-refractivity contribution in [2.24, 2.45) is 0 Å². The van der Waals surface area contributed by atoms with Crippen molar-refractivity contribution in [3.8, 4) is 11.4 Å². The Morgan fingerprint density at radius 3 is 2.72 bits per heavy atom. The summed E-state index contributed by atoms with van der Waals surface area (Å²) in [6, 6.07) is 9.72. The molecule has 0 spiro atoms. The fourth-order valence-corrected chi connectivity index (χ4v) is 4.25. The maximum absolute atomic E-state index is 6.11. The molecule has 1 aromatic carbocycles. The summed E-state index contributed by atoms with van der Waals surface area (Å²) in [7, 11) is 0. The van der Waals surface area contributed by atoms with Gasteiger partial charge in [0.2, 0.25) is 11.7 Å². The number of thioether (sulfide) groups is 1. The highest BCUT2D eigenvalue weighted by Gasteiger charge is 2.14. The van der Waals surface area contributed by atoms with Crippen molar-refractivity contribution in [1.29, 1.82) is 0 Å². The second kappa shape index (κ2) is 6.45. The molecule has 6 nitrogen and oxygen atoms in total. The van der Waals surface area contributed by atoms with Crippen LogP contribution in [0.4, 0.5) is 5.82 Å². The summed E-state index contributed by atoms with van der Waals surface area (Å²) in [5.41, 5.74) is 8.19. The Morgan fingerprint density at radius 1 is 1.12 bits per heavy atom. The molecule has 4 aromatic rings. The molecule has 4 rings (SSSR count). The number of anilines is 1. The van der Waals surface area contributed by atoms with Crippen LogP contribution in [0, 0.1) is 13.8 Å². The molecule has 0 fully saturated rings. The van der Waals surface area contributed by atoms with Gasteiger partial charge in [0.05, 0.1) is 11.1 Å². The lowest BCUT2D eigenvalue weighted by Gasteiger charge is -2.01. The first kappa shape index (κ1) is 16.0. The zero-order chi connectivity index (χ0) is 17.4. The number of fused-ring (bicyclic) bond motifs is 1. The number of thiophene rings is 1. The van der Waals surface area contributed by atoms with Gasteiger partial charge in [0.1, 0.15) is 10.6 Å². The van der Waals surface area contributed by atoms with Gasteiger partial charge in [-0.25, -0.2) is 9.97 Å². The Bertz CT molecular complexity index is 1040. The first-order valence-electron chi connectivity index (χ1n) is 7.66. The van der Waals surface area contributed by atoms with Gasteiger partial charge in [-0.3, -0.25) is 0 Å². The van der Waals surface area contributed by atoms with Crippen molar-refractivity contribution in [1.82, 2.24) is 20.1 Å². The fourth-order valence-electron chi connectivity index (χ4n) is 2.47. The lowest BCUT2D eigenvalue weighted by Crippen LogP contribution is -1.96. The molecule has 0 aliphatic carbocycles. The van der Waals surface area contributed by atoms with E-state index in [1.165, 1.54) is 16.6 Å². The summed E-state index contributed by atoms with van der Waals surface area (Å²) in [5.74, 6) is 2.12. The highest BCUT2D eigenvalue weighted by Crippen LogP contribution is 2.33. The first-order valence-corrected chi connectivity index (χ1v) is 9.46. The molecule has 0 bridgehead atoms. The van der Waals surface area contributed by atoms with Crippen molar-refractivity contribution >= 4 is 39.1 Å². The zero-order valence-corrected chi connectivity index (χ0v) is 15.3. The lowest BCUT2D eigenvalue weighted by atomic mass is 10.2. The Morgan fingerprint density at radius 2 is 1.92 bits per heavy atom. The lowest BCUT2D eigenvalue weighted by molar-refractivity contribution is 0.391. The summed E-state index contributed by atoms with van der Waals surface area (Å²) >= 11 is 3.07. The van der Waals surface area contributed by atoms with Gasteiger partial charge in [-0.2, -0.15) is 4.98 Å². The molecule has 0 radical (unpaired) electrons. The third kappa shape index (κ3) is 3.10. The number of aromatic nitrogens is 4. The average Bonchev–Trinajstić information content (AvgIpc) is 3.19. The molecule has 3 heterocycles. The summed E-state index contributed by atoms with van der Waals surface area (Å²) in [6.07, 6.45) is 0. The molecule has 0 amide bonds. The SMILES string of the molecule is Cc1sc2nc(SCc3nc(-c4ccccc4)no3)nc(N)c2c1C. The number of aryl methyl sites for hydroxylation is 2. The summed E-state index contributed by atoms with van der Waals surface area (Å²) in [6.45, 7) is 4.11. The van der Waals surface area contributed by atoms with Crippen LogP contribution in [0.2, 0.25) is 0 Å². The zero-order valence-electron chi connectivity index (χ0n) is 13.7. The van der Waals surface area contributed by atoms with E-state index in [0.717, 1.165) is 21.3 Å². The van der Waals surface area contributed by atoms with E-state index in [4.69, 9.17) is 10.3 Å². The first-order chi connectivity index (χ1) is 12.1. The molecule has 0 atom stereocenters. The van der Waals surface area contributed by atoms with E-state index < -0.39 is 0 Å². The fraction of sp³-hybridized carbons (Fsp3) is 0.176. The van der Waals surface area contributed by atoms with Gasteiger partial charge in [0, 0.05) is 10.4 Å². The number of nitrogen functional groups attached to an aromatic ring is 1. The van der Waals surface area contributed by atoms with E-state index in [-0.39, 0.29) is 0 Å². The van der Waals surface area contributed by atoms with E-state index in [9.17, 15) is 0 Å². The highest BCUT2D eigenvalue weighted by atomic mass is 32.2. The Balaban J connectivity index is 1.54. The van der Waals surface area contributed by atoms with Crippen LogP contribution < -0.4 is 5.73 Å². The molecule has 0 saturated heterocycles. The van der Waals surface area contributed by atoms with Gasteiger partial charge in [0.25, 0.3) is 0 Å². The molecule has 0 unspecified atom stereocenters. The molecule has 0 aliphatic rings. The number of hydrogen-bond donors (Lipinski definition) is 1. The van der Waals surface area contributed by atoms with E-state index in [2.05, 4.69) is 27.0 Å². The van der Waals surface area contributed by atoms with E-state index in [1.54, 1.807) is 11.3 Å². The quantitative estimate of drug-likeness (QED) is 0.425. The Labute approximate surface area is 152 Å². The van der Waals surface area contributed by atoms with Crippen molar-refractivity contribution in [2.75, 3.05) is 5.73 Å². The van der Waals surface area contributed by atoms with Gasteiger partial charge >= 0.3 is 0 Å². The summed E-state index contributed by atoms with van der Waals surface area (Å²) in [5, 5.41) is 5.59. The van der Waals surface area contributed by atoms with Crippen LogP contribution in [0.1, 0.15) is 16.3 Å². The smallest absolute Gasteiger partial charge is 0.237 e. The van der Waals surface area contributed by atoms with Crippen molar-refractivity contribution in [3.05, 3.63) is 46.7 Å². The Kier molecular flexibility index (Phi) is 4.14. The minimum atomic E-state index is 0.494. The number of rotatable bonds is 4. The molecule has 2 N–H and O–H groups in total. The van der Waals surface area contributed by atoms with Crippen molar-refractivity contribution in [3.63, 3.8) is 0 Å². The maximum Gasteiger partial charge on any atom is 0.237 e. The van der Waals surface area contributed by atoms with Gasteiger partial charge in [-0.1, -0.05) is 47.3 Å². The topological polar surface area (TPSA) is 90.7 Å². The van der Waals surface area contributed by atoms with Crippen LogP contribution in [0.25, 0.3) is 21.6 Å². The molecule has 0 saturated carbocycles. The van der Waals surface area contributed by atoms with E-state index >= 15 is 0 Å². The van der Waals surface area contributed by atoms with Crippen LogP contribution in [-0.2, 0) is 5.75 Å². The van der Waals surface area contributed by atoms with E-state index in [0.29, 0.717) is 28.4 Å². The van der Waals surface area contributed by atoms with Crippen LogP contribution in [0.15, 0.2) is 40.0 Å². The van der Waals surface area contributed by atoms with Crippen LogP contribution in [0.5, 0.6) is 0 Å². The van der Waals surface area contributed by atoms with Gasteiger partial charge in [0.15, 0.2) is 5.16 Å². The maximum atomic E-state index is 6.11. The highest BCUT2D eigenvalue weighted by molar-refractivity contribution is 7.98. The Hall–Kier alpha value is -2.45. The molecule has 3 aromatic heterocycles. The van der Waals surface area contributed by atoms with Gasteiger partial charge < -0.3 is 10.3 Å². The van der Waals surface area contributed by atoms with Crippen LogP contribution in [-0.4, -0.2) is 20.1 Å². The summed E-state index contributed by atoms with van der Waals surface area (Å²) < 4.78 is 5.32. The monoisotopic (exact) mass is 369 g/mol. The molecule has 126 valence electrons. The van der Waals surface area contributed by atoms with Crippen molar-refractivity contribution in [2.45, 2.75) is 24.8 Å².